The number of hydrogen-bond acceptors (Lipinski definition) is 6. The predicted octanol–water partition coefficient (Wildman–Crippen LogP) is 6.27. The highest BCUT2D eigenvalue weighted by Gasteiger charge is 2.08. The molecule has 7 heteroatoms. The fraction of sp³-hybridized carbons (Fsp3) is 0.0741. The number of para-hydroxylation sites is 2. The lowest BCUT2D eigenvalue weighted by Crippen LogP contribution is -2.19. The number of fused-ring (bicyclic) bond motifs is 2. The molecule has 1 heterocycles. The maximum Gasteiger partial charge on any atom is 0.250 e. The second kappa shape index (κ2) is 10.5. The van der Waals surface area contributed by atoms with E-state index in [1.807, 2.05) is 66.7 Å². The Morgan fingerprint density at radius 3 is 2.71 bits per heavy atom. The molecule has 5 nitrogen and oxygen atoms in total. The van der Waals surface area contributed by atoms with Crippen LogP contribution in [0.3, 0.4) is 0 Å². The van der Waals surface area contributed by atoms with Crippen LogP contribution in [-0.4, -0.2) is 22.9 Å². The van der Waals surface area contributed by atoms with E-state index in [9.17, 15) is 4.79 Å². The molecule has 0 fully saturated rings. The van der Waals surface area contributed by atoms with Crippen molar-refractivity contribution in [2.24, 2.45) is 5.10 Å². The topological polar surface area (TPSA) is 63.6 Å². The van der Waals surface area contributed by atoms with Crippen LogP contribution in [0.25, 0.3) is 21.0 Å². The number of rotatable bonds is 8. The molecule has 0 saturated carbocycles. The van der Waals surface area contributed by atoms with E-state index >= 15 is 0 Å². The van der Waals surface area contributed by atoms with Crippen LogP contribution in [-0.2, 0) is 11.4 Å². The first-order valence-electron chi connectivity index (χ1n) is 10.7. The van der Waals surface area contributed by atoms with Crippen molar-refractivity contribution in [3.63, 3.8) is 0 Å². The summed E-state index contributed by atoms with van der Waals surface area (Å²) in [6, 6.07) is 30.1. The third-order valence-corrected chi connectivity index (χ3v) is 7.36. The van der Waals surface area contributed by atoms with Crippen molar-refractivity contribution in [1.82, 2.24) is 10.4 Å². The molecule has 0 atom stereocenters. The van der Waals surface area contributed by atoms with Crippen LogP contribution in [0.2, 0.25) is 0 Å². The number of aromatic nitrogens is 1. The first-order chi connectivity index (χ1) is 16.8. The normalized spacial score (nSPS) is 11.3. The van der Waals surface area contributed by atoms with Gasteiger partial charge in [0, 0.05) is 5.56 Å². The molecular formula is C27H21N3O2S2. The molecule has 5 aromatic rings. The van der Waals surface area contributed by atoms with E-state index in [2.05, 4.69) is 39.8 Å². The Morgan fingerprint density at radius 2 is 1.76 bits per heavy atom. The van der Waals surface area contributed by atoms with Crippen LogP contribution in [0.15, 0.2) is 100 Å². The Morgan fingerprint density at radius 1 is 0.971 bits per heavy atom. The van der Waals surface area contributed by atoms with E-state index in [0.717, 1.165) is 25.7 Å². The number of hydrazone groups is 1. The van der Waals surface area contributed by atoms with Crippen molar-refractivity contribution in [3.05, 3.63) is 102 Å². The van der Waals surface area contributed by atoms with Gasteiger partial charge in [0.25, 0.3) is 5.91 Å². The highest BCUT2D eigenvalue weighted by molar-refractivity contribution is 8.01. The van der Waals surface area contributed by atoms with E-state index in [1.54, 1.807) is 17.6 Å². The minimum absolute atomic E-state index is 0.185. The summed E-state index contributed by atoms with van der Waals surface area (Å²) in [5, 5.41) is 6.49. The smallest absolute Gasteiger partial charge is 0.250 e. The number of hydrogen-bond donors (Lipinski definition) is 1. The van der Waals surface area contributed by atoms with Crippen molar-refractivity contribution >= 4 is 56.2 Å². The van der Waals surface area contributed by atoms with E-state index in [4.69, 9.17) is 4.74 Å². The van der Waals surface area contributed by atoms with Crippen molar-refractivity contribution in [3.8, 4) is 5.75 Å². The number of thiazole rings is 1. The van der Waals surface area contributed by atoms with Gasteiger partial charge in [-0.15, -0.1) is 11.3 Å². The zero-order chi connectivity index (χ0) is 23.2. The summed E-state index contributed by atoms with van der Waals surface area (Å²) in [7, 11) is 0. The van der Waals surface area contributed by atoms with Gasteiger partial charge in [-0.1, -0.05) is 78.5 Å². The molecule has 0 radical (unpaired) electrons. The summed E-state index contributed by atoms with van der Waals surface area (Å²) in [6.45, 7) is 0.442. The van der Waals surface area contributed by atoms with Gasteiger partial charge in [0.05, 0.1) is 22.2 Å². The number of benzene rings is 4. The number of ether oxygens (including phenoxy) is 1. The summed E-state index contributed by atoms with van der Waals surface area (Å²) < 4.78 is 8.09. The molecule has 5 rings (SSSR count). The molecule has 0 saturated heterocycles. The molecule has 0 bridgehead atoms. The summed E-state index contributed by atoms with van der Waals surface area (Å²) >= 11 is 2.99. The minimum Gasteiger partial charge on any atom is -0.488 e. The molecule has 0 unspecified atom stereocenters. The second-order valence-electron chi connectivity index (χ2n) is 7.49. The Hall–Kier alpha value is -3.68. The quantitative estimate of drug-likeness (QED) is 0.160. The van der Waals surface area contributed by atoms with Crippen LogP contribution in [0.1, 0.15) is 11.1 Å². The molecule has 0 spiro atoms. The lowest BCUT2D eigenvalue weighted by atomic mass is 10.1. The van der Waals surface area contributed by atoms with Crippen molar-refractivity contribution < 1.29 is 9.53 Å². The first-order valence-corrected chi connectivity index (χ1v) is 12.6. The second-order valence-corrected chi connectivity index (χ2v) is 9.75. The van der Waals surface area contributed by atoms with Gasteiger partial charge in [-0.3, -0.25) is 4.79 Å². The lowest BCUT2D eigenvalue weighted by molar-refractivity contribution is -0.118. The van der Waals surface area contributed by atoms with Crippen LogP contribution < -0.4 is 10.2 Å². The highest BCUT2D eigenvalue weighted by Crippen LogP contribution is 2.29. The Labute approximate surface area is 205 Å². The molecule has 168 valence electrons. The minimum atomic E-state index is -0.185. The molecule has 4 aromatic carbocycles. The van der Waals surface area contributed by atoms with Gasteiger partial charge >= 0.3 is 0 Å². The summed E-state index contributed by atoms with van der Waals surface area (Å²) in [4.78, 5) is 16.8. The molecule has 0 aliphatic carbocycles. The molecular weight excluding hydrogens is 462 g/mol. The van der Waals surface area contributed by atoms with Gasteiger partial charge in [-0.05, 0) is 40.6 Å². The van der Waals surface area contributed by atoms with Crippen molar-refractivity contribution in [2.75, 3.05) is 5.75 Å². The zero-order valence-corrected chi connectivity index (χ0v) is 19.8. The van der Waals surface area contributed by atoms with Gasteiger partial charge in [-0.2, -0.15) is 5.10 Å². The number of carbonyl (C=O) groups excluding carboxylic acids is 1. The summed E-state index contributed by atoms with van der Waals surface area (Å²) in [6.07, 6.45) is 1.61. The number of thioether (sulfide) groups is 1. The maximum atomic E-state index is 12.2. The van der Waals surface area contributed by atoms with Gasteiger partial charge in [-0.25, -0.2) is 10.4 Å². The molecule has 1 N–H and O–H groups in total. The molecule has 1 aromatic heterocycles. The number of carbonyl (C=O) groups is 1. The van der Waals surface area contributed by atoms with E-state index in [1.165, 1.54) is 22.5 Å². The van der Waals surface area contributed by atoms with Gasteiger partial charge in [0.1, 0.15) is 12.4 Å². The highest BCUT2D eigenvalue weighted by atomic mass is 32.2. The summed E-state index contributed by atoms with van der Waals surface area (Å²) in [5.41, 5.74) is 5.45. The predicted molar refractivity (Wildman–Crippen MR) is 141 cm³/mol. The van der Waals surface area contributed by atoms with Gasteiger partial charge in [0.15, 0.2) is 4.34 Å². The molecule has 0 aliphatic heterocycles. The Bertz CT molecular complexity index is 1440. The van der Waals surface area contributed by atoms with Crippen LogP contribution in [0.4, 0.5) is 0 Å². The fourth-order valence-corrected chi connectivity index (χ4v) is 5.40. The van der Waals surface area contributed by atoms with Crippen molar-refractivity contribution in [1.29, 1.82) is 0 Å². The molecule has 0 aliphatic rings. The van der Waals surface area contributed by atoms with Crippen LogP contribution in [0, 0.1) is 0 Å². The van der Waals surface area contributed by atoms with Crippen molar-refractivity contribution in [2.45, 2.75) is 10.9 Å². The largest absolute Gasteiger partial charge is 0.488 e. The fourth-order valence-electron chi connectivity index (χ4n) is 3.54. The average Bonchev–Trinajstić information content (AvgIpc) is 3.30. The van der Waals surface area contributed by atoms with E-state index in [0.29, 0.717) is 12.4 Å². The first kappa shape index (κ1) is 22.1. The third-order valence-electron chi connectivity index (χ3n) is 5.18. The molecule has 1 amide bonds. The molecule has 34 heavy (non-hydrogen) atoms. The zero-order valence-electron chi connectivity index (χ0n) is 18.2. The van der Waals surface area contributed by atoms with Gasteiger partial charge < -0.3 is 4.74 Å². The average molecular weight is 484 g/mol. The van der Waals surface area contributed by atoms with E-state index < -0.39 is 0 Å². The van der Waals surface area contributed by atoms with Gasteiger partial charge in [0.2, 0.25) is 0 Å². The number of nitrogens with zero attached hydrogens (tertiary/aromatic N) is 2. The van der Waals surface area contributed by atoms with E-state index in [-0.39, 0.29) is 11.7 Å². The monoisotopic (exact) mass is 483 g/mol. The SMILES string of the molecule is O=C(CSc1nc2ccccc2s1)NN=Cc1ccccc1OCc1cccc2ccccc12. The number of nitrogens with one attached hydrogen (secondary N) is 1. The Balaban J connectivity index is 1.18. The van der Waals surface area contributed by atoms with Crippen LogP contribution in [0.5, 0.6) is 5.75 Å². The Kier molecular flexibility index (Phi) is 6.84. The lowest BCUT2D eigenvalue weighted by Gasteiger charge is -2.11. The standard InChI is InChI=1S/C27H21N3O2S2/c31-26(18-33-27-29-23-13-4-6-15-25(23)34-27)30-28-16-20-9-2-5-14-24(20)32-17-21-11-7-10-19-8-1-3-12-22(19)21/h1-16H,17-18H2,(H,30,31). The third kappa shape index (κ3) is 5.27. The number of amides is 1. The maximum absolute atomic E-state index is 12.2. The van der Waals surface area contributed by atoms with Crippen LogP contribution >= 0.6 is 23.1 Å². The summed E-state index contributed by atoms with van der Waals surface area (Å²) in [5.74, 6) is 0.767.